The van der Waals surface area contributed by atoms with Crippen molar-refractivity contribution in [2.45, 2.75) is 43.7 Å². The number of carbonyl (C=O) groups excluding carboxylic acids is 1. The molecule has 1 unspecified atom stereocenters. The third-order valence-electron chi connectivity index (χ3n) is 4.53. The van der Waals surface area contributed by atoms with E-state index < -0.39 is 5.54 Å². The Morgan fingerprint density at radius 1 is 1.27 bits per heavy atom. The normalized spacial score (nSPS) is 19.0. The Kier molecular flexibility index (Phi) is 5.53. The van der Waals surface area contributed by atoms with Crippen LogP contribution in [0.25, 0.3) is 0 Å². The lowest BCUT2D eigenvalue weighted by molar-refractivity contribution is -0.127. The number of halogens is 1. The van der Waals surface area contributed by atoms with E-state index >= 15 is 0 Å². The van der Waals surface area contributed by atoms with Crippen LogP contribution in [0.2, 0.25) is 0 Å². The lowest BCUT2D eigenvalue weighted by Crippen LogP contribution is -2.55. The monoisotopic (exact) mass is 307 g/mol. The van der Waals surface area contributed by atoms with Gasteiger partial charge in [0, 0.05) is 6.54 Å². The van der Waals surface area contributed by atoms with Crippen molar-refractivity contribution in [1.29, 1.82) is 0 Å². The number of rotatable bonds is 5. The van der Waals surface area contributed by atoms with Gasteiger partial charge in [-0.05, 0) is 44.6 Å². The van der Waals surface area contributed by atoms with Gasteiger partial charge >= 0.3 is 0 Å². The summed E-state index contributed by atoms with van der Waals surface area (Å²) < 4.78 is 13.1. The van der Waals surface area contributed by atoms with Gasteiger partial charge in [0.1, 0.15) is 5.82 Å². The van der Waals surface area contributed by atoms with Gasteiger partial charge in [-0.2, -0.15) is 0 Å². The molecule has 1 saturated carbocycles. The summed E-state index contributed by atoms with van der Waals surface area (Å²) in [5, 5.41) is 2.99. The fourth-order valence-corrected chi connectivity index (χ4v) is 3.06. The maximum atomic E-state index is 13.1. The van der Waals surface area contributed by atoms with Crippen LogP contribution in [0.3, 0.4) is 0 Å². The van der Waals surface area contributed by atoms with E-state index in [2.05, 4.69) is 5.32 Å². The molecule has 0 heterocycles. The van der Waals surface area contributed by atoms with E-state index in [-0.39, 0.29) is 17.8 Å². The highest BCUT2D eigenvalue weighted by atomic mass is 19.1. The van der Waals surface area contributed by atoms with E-state index in [1.165, 1.54) is 12.1 Å². The predicted molar refractivity (Wildman–Crippen MR) is 85.8 cm³/mol. The molecule has 0 bridgehead atoms. The number of nitrogens with two attached hydrogens (primary N) is 1. The topological polar surface area (TPSA) is 58.4 Å². The van der Waals surface area contributed by atoms with Crippen molar-refractivity contribution in [2.24, 2.45) is 5.73 Å². The summed E-state index contributed by atoms with van der Waals surface area (Å²) in [7, 11) is 3.89. The van der Waals surface area contributed by atoms with Crippen molar-refractivity contribution in [2.75, 3.05) is 20.6 Å². The minimum absolute atomic E-state index is 0.00302. The molecule has 5 heteroatoms. The van der Waals surface area contributed by atoms with Gasteiger partial charge in [-0.3, -0.25) is 4.79 Å². The van der Waals surface area contributed by atoms with E-state index in [0.717, 1.165) is 37.7 Å². The smallest absolute Gasteiger partial charge is 0.240 e. The van der Waals surface area contributed by atoms with E-state index in [0.29, 0.717) is 6.54 Å². The fourth-order valence-electron chi connectivity index (χ4n) is 3.06. The molecule has 0 saturated heterocycles. The summed E-state index contributed by atoms with van der Waals surface area (Å²) in [5.74, 6) is -0.324. The molecular formula is C17H26FN3O. The maximum absolute atomic E-state index is 13.1. The van der Waals surface area contributed by atoms with E-state index in [1.54, 1.807) is 12.1 Å². The van der Waals surface area contributed by atoms with E-state index in [1.807, 2.05) is 19.0 Å². The first-order valence-electron chi connectivity index (χ1n) is 7.91. The highest BCUT2D eigenvalue weighted by molar-refractivity contribution is 5.86. The molecule has 1 atom stereocenters. The van der Waals surface area contributed by atoms with Crippen LogP contribution in [0.5, 0.6) is 0 Å². The van der Waals surface area contributed by atoms with Gasteiger partial charge in [0.15, 0.2) is 0 Å². The zero-order valence-electron chi connectivity index (χ0n) is 13.4. The Hall–Kier alpha value is -1.46. The molecule has 1 fully saturated rings. The molecule has 1 amide bonds. The largest absolute Gasteiger partial charge is 0.353 e. The molecule has 0 aromatic heterocycles. The first-order chi connectivity index (χ1) is 10.4. The number of amides is 1. The number of likely N-dealkylation sites (N-methyl/N-ethyl adjacent to an activating group) is 1. The number of nitrogens with zero attached hydrogens (tertiary/aromatic N) is 1. The number of hydrogen-bond donors (Lipinski definition) is 2. The van der Waals surface area contributed by atoms with Crippen LogP contribution in [0.4, 0.5) is 4.39 Å². The van der Waals surface area contributed by atoms with Crippen molar-refractivity contribution in [1.82, 2.24) is 10.2 Å². The second-order valence-corrected chi connectivity index (χ2v) is 6.46. The van der Waals surface area contributed by atoms with Crippen LogP contribution in [-0.2, 0) is 4.79 Å². The number of benzene rings is 1. The molecule has 1 aliphatic carbocycles. The molecule has 2 rings (SSSR count). The van der Waals surface area contributed by atoms with Gasteiger partial charge in [-0.15, -0.1) is 0 Å². The number of nitrogens with one attached hydrogen (secondary N) is 1. The standard InChI is InChI=1S/C17H26FN3O/c1-21(2)15(13-6-8-14(18)9-7-13)12-20-16(22)17(19)10-4-3-5-11-17/h6-9,15H,3-5,10-12,19H2,1-2H3,(H,20,22). The van der Waals surface area contributed by atoms with E-state index in [9.17, 15) is 9.18 Å². The summed E-state index contributed by atoms with van der Waals surface area (Å²) in [4.78, 5) is 14.4. The van der Waals surface area contributed by atoms with Crippen LogP contribution in [-0.4, -0.2) is 37.0 Å². The summed E-state index contributed by atoms with van der Waals surface area (Å²) in [6, 6.07) is 6.39. The molecular weight excluding hydrogens is 281 g/mol. The summed E-state index contributed by atoms with van der Waals surface area (Å²) in [5.41, 5.74) is 6.50. The SMILES string of the molecule is CN(C)C(CNC(=O)C1(N)CCCCC1)c1ccc(F)cc1. The van der Waals surface area contributed by atoms with Gasteiger partial charge in [-0.25, -0.2) is 4.39 Å². The van der Waals surface area contributed by atoms with E-state index in [4.69, 9.17) is 5.73 Å². The van der Waals surface area contributed by atoms with Crippen molar-refractivity contribution >= 4 is 5.91 Å². The second kappa shape index (κ2) is 7.20. The first kappa shape index (κ1) is 16.9. The Morgan fingerprint density at radius 3 is 2.41 bits per heavy atom. The third-order valence-corrected chi connectivity index (χ3v) is 4.53. The lowest BCUT2D eigenvalue weighted by atomic mass is 9.82. The first-order valence-corrected chi connectivity index (χ1v) is 7.91. The molecule has 1 aliphatic rings. The summed E-state index contributed by atoms with van der Waals surface area (Å²) in [6.07, 6.45) is 4.68. The van der Waals surface area contributed by atoms with Gasteiger partial charge in [0.25, 0.3) is 0 Å². The van der Waals surface area contributed by atoms with Gasteiger partial charge in [0.05, 0.1) is 11.6 Å². The Balaban J connectivity index is 2.00. The zero-order valence-corrected chi connectivity index (χ0v) is 13.4. The molecule has 1 aromatic carbocycles. The fraction of sp³-hybridized carbons (Fsp3) is 0.588. The summed E-state index contributed by atoms with van der Waals surface area (Å²) in [6.45, 7) is 0.469. The van der Waals surface area contributed by atoms with Gasteiger partial charge in [-0.1, -0.05) is 31.4 Å². The lowest BCUT2D eigenvalue weighted by Gasteiger charge is -2.33. The zero-order chi connectivity index (χ0) is 16.2. The highest BCUT2D eigenvalue weighted by Gasteiger charge is 2.35. The van der Waals surface area contributed by atoms with Gasteiger partial charge < -0.3 is 16.0 Å². The third kappa shape index (κ3) is 4.05. The van der Waals surface area contributed by atoms with Crippen LogP contribution in [0.1, 0.15) is 43.7 Å². The average Bonchev–Trinajstić information content (AvgIpc) is 2.49. The quantitative estimate of drug-likeness (QED) is 0.877. The number of hydrogen-bond acceptors (Lipinski definition) is 3. The van der Waals surface area contributed by atoms with Crippen molar-refractivity contribution < 1.29 is 9.18 Å². The maximum Gasteiger partial charge on any atom is 0.240 e. The minimum atomic E-state index is -0.724. The van der Waals surface area contributed by atoms with Crippen molar-refractivity contribution in [3.8, 4) is 0 Å². The molecule has 1 aromatic rings. The van der Waals surface area contributed by atoms with Crippen LogP contribution in [0.15, 0.2) is 24.3 Å². The van der Waals surface area contributed by atoms with Crippen molar-refractivity contribution in [3.63, 3.8) is 0 Å². The molecule has 0 aliphatic heterocycles. The van der Waals surface area contributed by atoms with Crippen LogP contribution in [0, 0.1) is 5.82 Å². The molecule has 122 valence electrons. The van der Waals surface area contributed by atoms with Gasteiger partial charge in [0.2, 0.25) is 5.91 Å². The Morgan fingerprint density at radius 2 is 1.86 bits per heavy atom. The van der Waals surface area contributed by atoms with Crippen LogP contribution < -0.4 is 11.1 Å². The average molecular weight is 307 g/mol. The molecule has 0 radical (unpaired) electrons. The minimum Gasteiger partial charge on any atom is -0.353 e. The number of carbonyl (C=O) groups is 1. The second-order valence-electron chi connectivity index (χ2n) is 6.46. The molecule has 22 heavy (non-hydrogen) atoms. The van der Waals surface area contributed by atoms with Crippen molar-refractivity contribution in [3.05, 3.63) is 35.6 Å². The molecule has 4 nitrogen and oxygen atoms in total. The molecule has 0 spiro atoms. The van der Waals surface area contributed by atoms with Crippen LogP contribution >= 0.6 is 0 Å². The Bertz CT molecular complexity index is 495. The Labute approximate surface area is 131 Å². The summed E-state index contributed by atoms with van der Waals surface area (Å²) >= 11 is 0. The molecule has 3 N–H and O–H groups in total. The predicted octanol–water partition coefficient (Wildman–Crippen LogP) is 2.21. The highest BCUT2D eigenvalue weighted by Crippen LogP contribution is 2.26.